The Labute approximate surface area is 189 Å². The zero-order valence-corrected chi connectivity index (χ0v) is 18.4. The highest BCUT2D eigenvalue weighted by Crippen LogP contribution is 2.31. The van der Waals surface area contributed by atoms with E-state index < -0.39 is 17.4 Å². The molecule has 2 aromatic carbocycles. The normalized spacial score (nSPS) is 18.2. The van der Waals surface area contributed by atoms with E-state index in [-0.39, 0.29) is 24.0 Å². The van der Waals surface area contributed by atoms with E-state index in [9.17, 15) is 22.8 Å². The van der Waals surface area contributed by atoms with E-state index >= 15 is 0 Å². The molecule has 2 heterocycles. The van der Waals surface area contributed by atoms with Gasteiger partial charge < -0.3 is 10.6 Å². The Hall–Kier alpha value is -3.20. The minimum Gasteiger partial charge on any atom is -0.326 e. The molecule has 2 amide bonds. The van der Waals surface area contributed by atoms with Crippen LogP contribution in [0.4, 0.5) is 18.9 Å². The number of hydrogen-bond donors (Lipinski definition) is 2. The van der Waals surface area contributed by atoms with Gasteiger partial charge in [-0.1, -0.05) is 18.2 Å². The van der Waals surface area contributed by atoms with Gasteiger partial charge in [-0.25, -0.2) is 0 Å². The van der Waals surface area contributed by atoms with Crippen LogP contribution < -0.4 is 10.6 Å². The van der Waals surface area contributed by atoms with Crippen LogP contribution in [0, 0.1) is 13.8 Å². The first-order chi connectivity index (χ1) is 15.5. The third-order valence-corrected chi connectivity index (χ3v) is 6.19. The van der Waals surface area contributed by atoms with E-state index in [1.807, 2.05) is 36.9 Å². The van der Waals surface area contributed by atoms with Crippen LogP contribution in [0.25, 0.3) is 0 Å². The lowest BCUT2D eigenvalue weighted by Crippen LogP contribution is -2.52. The summed E-state index contributed by atoms with van der Waals surface area (Å²) in [6.45, 7) is 5.11. The van der Waals surface area contributed by atoms with Crippen molar-refractivity contribution >= 4 is 23.2 Å². The number of amides is 2. The smallest absolute Gasteiger partial charge is 0.326 e. The summed E-state index contributed by atoms with van der Waals surface area (Å²) in [5.74, 6) is -0.589. The van der Waals surface area contributed by atoms with Crippen molar-refractivity contribution in [2.45, 2.75) is 38.5 Å². The largest absolute Gasteiger partial charge is 0.416 e. The molecule has 1 spiro atoms. The average Bonchev–Trinajstić information content (AvgIpc) is 3.07. The number of anilines is 1. The lowest BCUT2D eigenvalue weighted by atomic mass is 9.98. The molecule has 4 rings (SSSR count). The second-order valence-corrected chi connectivity index (χ2v) is 8.65. The maximum Gasteiger partial charge on any atom is 0.416 e. The summed E-state index contributed by atoms with van der Waals surface area (Å²) in [6, 6.07) is 10.4. The maximum absolute atomic E-state index is 12.9. The fourth-order valence-electron chi connectivity index (χ4n) is 4.14. The van der Waals surface area contributed by atoms with Gasteiger partial charge in [0, 0.05) is 37.2 Å². The van der Waals surface area contributed by atoms with Crippen molar-refractivity contribution in [3.05, 3.63) is 64.7 Å². The molecule has 1 fully saturated rings. The van der Waals surface area contributed by atoms with Crippen molar-refractivity contribution < 1.29 is 22.8 Å². The number of nitrogens with one attached hydrogen (secondary N) is 2. The molecule has 0 unspecified atom stereocenters. The summed E-state index contributed by atoms with van der Waals surface area (Å²) < 4.78 is 38.6. The van der Waals surface area contributed by atoms with E-state index in [1.165, 1.54) is 12.1 Å². The molecule has 0 saturated carbocycles. The molecule has 1 saturated heterocycles. The molecule has 0 aliphatic carbocycles. The van der Waals surface area contributed by atoms with E-state index in [1.54, 1.807) is 0 Å². The fraction of sp³-hybridized carbons (Fsp3) is 0.375. The Morgan fingerprint density at radius 2 is 1.85 bits per heavy atom. The molecule has 0 bridgehead atoms. The zero-order chi connectivity index (χ0) is 23.8. The van der Waals surface area contributed by atoms with Crippen LogP contribution in [0.5, 0.6) is 0 Å². The monoisotopic (exact) mass is 458 g/mol. The lowest BCUT2D eigenvalue weighted by molar-refractivity contribution is -0.137. The van der Waals surface area contributed by atoms with Gasteiger partial charge in [0.1, 0.15) is 11.4 Å². The number of alkyl halides is 3. The van der Waals surface area contributed by atoms with Crippen molar-refractivity contribution in [3.8, 4) is 0 Å². The molecule has 2 aromatic rings. The van der Waals surface area contributed by atoms with Gasteiger partial charge in [0.15, 0.2) is 0 Å². The molecule has 2 aliphatic heterocycles. The quantitative estimate of drug-likeness (QED) is 0.734. The molecule has 174 valence electrons. The maximum atomic E-state index is 12.9. The number of rotatable bonds is 4. The van der Waals surface area contributed by atoms with Crippen molar-refractivity contribution in [1.82, 2.24) is 10.2 Å². The van der Waals surface area contributed by atoms with E-state index in [0.717, 1.165) is 28.8 Å². The first kappa shape index (κ1) is 23.0. The van der Waals surface area contributed by atoms with Crippen molar-refractivity contribution in [2.24, 2.45) is 4.99 Å². The first-order valence-corrected chi connectivity index (χ1v) is 10.7. The summed E-state index contributed by atoms with van der Waals surface area (Å²) in [7, 11) is 0. The Morgan fingerprint density at radius 3 is 2.52 bits per heavy atom. The minimum absolute atomic E-state index is 0.0496. The molecule has 2 aliphatic rings. The van der Waals surface area contributed by atoms with Gasteiger partial charge in [0.05, 0.1) is 12.1 Å². The summed E-state index contributed by atoms with van der Waals surface area (Å²) in [4.78, 5) is 31.6. The van der Waals surface area contributed by atoms with Gasteiger partial charge in [-0.2, -0.15) is 13.2 Å². The minimum atomic E-state index is -4.47. The molecular weight excluding hydrogens is 433 g/mol. The Morgan fingerprint density at radius 1 is 1.12 bits per heavy atom. The highest BCUT2D eigenvalue weighted by atomic mass is 19.4. The van der Waals surface area contributed by atoms with Crippen LogP contribution >= 0.6 is 0 Å². The topological polar surface area (TPSA) is 73.8 Å². The number of aliphatic imine (C=N–C) groups is 1. The van der Waals surface area contributed by atoms with Crippen molar-refractivity contribution in [1.29, 1.82) is 0 Å². The van der Waals surface area contributed by atoms with Crippen LogP contribution in [-0.4, -0.2) is 47.7 Å². The first-order valence-electron chi connectivity index (χ1n) is 10.7. The van der Waals surface area contributed by atoms with Crippen LogP contribution in [0.1, 0.15) is 35.1 Å². The second-order valence-electron chi connectivity index (χ2n) is 8.65. The molecule has 2 N–H and O–H groups in total. The van der Waals surface area contributed by atoms with Crippen molar-refractivity contribution in [2.75, 3.05) is 25.0 Å². The second kappa shape index (κ2) is 8.62. The lowest BCUT2D eigenvalue weighted by Gasteiger charge is -2.36. The van der Waals surface area contributed by atoms with E-state index in [2.05, 4.69) is 10.6 Å². The highest BCUT2D eigenvalue weighted by molar-refractivity contribution is 6.46. The van der Waals surface area contributed by atoms with Gasteiger partial charge in [-0.05, 0) is 49.2 Å². The average molecular weight is 458 g/mol. The third kappa shape index (κ3) is 5.08. The van der Waals surface area contributed by atoms with E-state index in [0.29, 0.717) is 31.6 Å². The predicted octanol–water partition coefficient (Wildman–Crippen LogP) is 3.67. The molecule has 0 radical (unpaired) electrons. The highest BCUT2D eigenvalue weighted by Gasteiger charge is 2.42. The standard InChI is InChI=1S/C24H25F3N4O2/c1-15-6-7-17(12-16(15)2)21-22(33)30-23(29-21)8-10-31(11-9-23)14-20(32)28-19-5-3-4-18(13-19)24(25,26)27/h3-7,12-13H,8-11,14H2,1-2H3,(H,28,32)(H,30,33). The number of likely N-dealkylation sites (tertiary alicyclic amines) is 1. The van der Waals surface area contributed by atoms with Gasteiger partial charge in [-0.15, -0.1) is 0 Å². The fourth-order valence-corrected chi connectivity index (χ4v) is 4.14. The SMILES string of the molecule is Cc1ccc(C2=NC3(CCN(CC(=O)Nc4cccc(C(F)(F)F)c4)CC3)NC2=O)cc1C. The summed E-state index contributed by atoms with van der Waals surface area (Å²) in [5.41, 5.74) is 2.06. The number of aryl methyl sites for hydroxylation is 2. The molecule has 0 aromatic heterocycles. The molecule has 6 nitrogen and oxygen atoms in total. The summed E-state index contributed by atoms with van der Waals surface area (Å²) >= 11 is 0. The summed E-state index contributed by atoms with van der Waals surface area (Å²) in [6.07, 6.45) is -3.38. The molecular formula is C24H25F3N4O2. The number of carbonyl (C=O) groups is 2. The van der Waals surface area contributed by atoms with Crippen LogP contribution in [0.15, 0.2) is 47.5 Å². The summed E-state index contributed by atoms with van der Waals surface area (Å²) in [5, 5.41) is 5.54. The van der Waals surface area contributed by atoms with Gasteiger partial charge >= 0.3 is 6.18 Å². The Balaban J connectivity index is 1.36. The molecule has 9 heteroatoms. The number of nitrogens with zero attached hydrogens (tertiary/aromatic N) is 2. The number of halogens is 3. The molecule has 33 heavy (non-hydrogen) atoms. The third-order valence-electron chi connectivity index (χ3n) is 6.19. The number of hydrogen-bond acceptors (Lipinski definition) is 4. The number of benzene rings is 2. The Kier molecular flexibility index (Phi) is 6.00. The van der Waals surface area contributed by atoms with Crippen LogP contribution in [-0.2, 0) is 15.8 Å². The Bertz CT molecular complexity index is 1120. The van der Waals surface area contributed by atoms with Crippen molar-refractivity contribution in [3.63, 3.8) is 0 Å². The van der Waals surface area contributed by atoms with Gasteiger partial charge in [0.2, 0.25) is 5.91 Å². The number of carbonyl (C=O) groups excluding carboxylic acids is 2. The van der Waals surface area contributed by atoms with Gasteiger partial charge in [-0.3, -0.25) is 19.5 Å². The van der Waals surface area contributed by atoms with E-state index in [4.69, 9.17) is 4.99 Å². The van der Waals surface area contributed by atoms with Crippen LogP contribution in [0.3, 0.4) is 0 Å². The number of piperidine rings is 1. The zero-order valence-electron chi connectivity index (χ0n) is 18.4. The molecule has 0 atom stereocenters. The van der Waals surface area contributed by atoms with Crippen LogP contribution in [0.2, 0.25) is 0 Å². The predicted molar refractivity (Wildman–Crippen MR) is 119 cm³/mol. The van der Waals surface area contributed by atoms with Gasteiger partial charge in [0.25, 0.3) is 5.91 Å².